The summed E-state index contributed by atoms with van der Waals surface area (Å²) >= 11 is 0. The van der Waals surface area contributed by atoms with Gasteiger partial charge in [0, 0.05) is 11.6 Å². The number of rotatable bonds is 3. The first-order chi connectivity index (χ1) is 7.09. The van der Waals surface area contributed by atoms with Gasteiger partial charge in [0.05, 0.1) is 0 Å². The van der Waals surface area contributed by atoms with Crippen molar-refractivity contribution in [3.8, 4) is 5.75 Å². The van der Waals surface area contributed by atoms with Gasteiger partial charge in [0.2, 0.25) is 0 Å². The molecule has 1 aromatic rings. The summed E-state index contributed by atoms with van der Waals surface area (Å²) in [4.78, 5) is 0. The van der Waals surface area contributed by atoms with Crippen molar-refractivity contribution in [3.63, 3.8) is 0 Å². The van der Waals surface area contributed by atoms with E-state index in [0.717, 1.165) is 6.42 Å². The van der Waals surface area contributed by atoms with E-state index in [-0.39, 0.29) is 17.5 Å². The Morgan fingerprint density at radius 1 is 1.47 bits per heavy atom. The van der Waals surface area contributed by atoms with Crippen molar-refractivity contribution in [2.24, 2.45) is 11.7 Å². The molecule has 5 N–H and O–H groups in total. The number of phenols is 1. The molecule has 82 valence electrons. The number of anilines is 1. The van der Waals surface area contributed by atoms with Crippen molar-refractivity contribution >= 4 is 5.69 Å². The Labute approximate surface area is 87.9 Å². The van der Waals surface area contributed by atoms with Crippen molar-refractivity contribution in [1.82, 2.24) is 0 Å². The molecule has 1 aliphatic carbocycles. The van der Waals surface area contributed by atoms with Gasteiger partial charge in [-0.05, 0) is 18.4 Å². The van der Waals surface area contributed by atoms with E-state index in [9.17, 15) is 9.50 Å². The number of nitrogen functional groups attached to an aromatic ring is 1. The van der Waals surface area contributed by atoms with E-state index in [0.29, 0.717) is 11.5 Å². The molecule has 15 heavy (non-hydrogen) atoms. The third-order valence-electron chi connectivity index (χ3n) is 2.88. The molecule has 0 spiro atoms. The average molecular weight is 210 g/mol. The molecule has 1 fully saturated rings. The first-order valence-electron chi connectivity index (χ1n) is 5.12. The zero-order chi connectivity index (χ0) is 11.0. The fraction of sp³-hybridized carbons (Fsp3) is 0.455. The standard InChI is InChI=1S/C11H15FN2O/c12-8-4-3-7(11(15)10(8)14)9(13)5-6-1-2-6/h3-4,6,9,15H,1-2,5,13-14H2/t9-/m0/s1. The lowest BCUT2D eigenvalue weighted by atomic mass is 10.0. The fourth-order valence-electron chi connectivity index (χ4n) is 1.74. The van der Waals surface area contributed by atoms with Gasteiger partial charge >= 0.3 is 0 Å². The Balaban J connectivity index is 2.22. The number of aromatic hydroxyl groups is 1. The minimum absolute atomic E-state index is 0.205. The summed E-state index contributed by atoms with van der Waals surface area (Å²) < 4.78 is 13.0. The fourth-order valence-corrected chi connectivity index (χ4v) is 1.74. The van der Waals surface area contributed by atoms with Crippen LogP contribution >= 0.6 is 0 Å². The minimum Gasteiger partial charge on any atom is -0.505 e. The van der Waals surface area contributed by atoms with Crippen LogP contribution in [-0.2, 0) is 0 Å². The summed E-state index contributed by atoms with van der Waals surface area (Å²) in [6.07, 6.45) is 3.23. The summed E-state index contributed by atoms with van der Waals surface area (Å²) in [7, 11) is 0. The summed E-state index contributed by atoms with van der Waals surface area (Å²) in [5.41, 5.74) is 11.6. The van der Waals surface area contributed by atoms with Crippen LogP contribution < -0.4 is 11.5 Å². The maximum absolute atomic E-state index is 13.0. The third-order valence-corrected chi connectivity index (χ3v) is 2.88. The maximum atomic E-state index is 13.0. The monoisotopic (exact) mass is 210 g/mol. The van der Waals surface area contributed by atoms with Crippen LogP contribution in [0.5, 0.6) is 5.75 Å². The van der Waals surface area contributed by atoms with Gasteiger partial charge in [-0.25, -0.2) is 4.39 Å². The second-order valence-electron chi connectivity index (χ2n) is 4.18. The summed E-state index contributed by atoms with van der Waals surface area (Å²) in [6.45, 7) is 0. The van der Waals surface area contributed by atoms with E-state index in [1.54, 1.807) is 0 Å². The van der Waals surface area contributed by atoms with Crippen molar-refractivity contribution < 1.29 is 9.50 Å². The summed E-state index contributed by atoms with van der Waals surface area (Å²) in [5.74, 6) is -0.149. The lowest BCUT2D eigenvalue weighted by molar-refractivity contribution is 0.453. The number of hydrogen-bond acceptors (Lipinski definition) is 3. The Kier molecular flexibility index (Phi) is 2.52. The molecule has 4 heteroatoms. The van der Waals surface area contributed by atoms with Crippen LogP contribution in [-0.4, -0.2) is 5.11 Å². The predicted octanol–water partition coefficient (Wildman–Crippen LogP) is 1.91. The van der Waals surface area contributed by atoms with Crippen LogP contribution in [0.3, 0.4) is 0 Å². The van der Waals surface area contributed by atoms with Crippen LogP contribution in [0.4, 0.5) is 10.1 Å². The molecule has 1 saturated carbocycles. The molecule has 0 saturated heterocycles. The smallest absolute Gasteiger partial charge is 0.149 e. The first kappa shape index (κ1) is 10.2. The zero-order valence-corrected chi connectivity index (χ0v) is 8.41. The van der Waals surface area contributed by atoms with Crippen molar-refractivity contribution in [2.75, 3.05) is 5.73 Å². The Morgan fingerprint density at radius 2 is 2.13 bits per heavy atom. The number of phenolic OH excluding ortho intramolecular Hbond substituents is 1. The summed E-state index contributed by atoms with van der Waals surface area (Å²) in [6, 6.07) is 2.51. The maximum Gasteiger partial charge on any atom is 0.149 e. The number of benzene rings is 1. The second kappa shape index (κ2) is 3.70. The first-order valence-corrected chi connectivity index (χ1v) is 5.12. The largest absolute Gasteiger partial charge is 0.505 e. The highest BCUT2D eigenvalue weighted by Crippen LogP contribution is 2.40. The highest BCUT2D eigenvalue weighted by atomic mass is 19.1. The van der Waals surface area contributed by atoms with E-state index in [4.69, 9.17) is 11.5 Å². The Hall–Kier alpha value is -1.29. The molecule has 2 rings (SSSR count). The number of halogens is 1. The van der Waals surface area contributed by atoms with Gasteiger partial charge in [-0.1, -0.05) is 18.9 Å². The second-order valence-corrected chi connectivity index (χ2v) is 4.18. The minimum atomic E-state index is -0.602. The molecule has 0 radical (unpaired) electrons. The van der Waals surface area contributed by atoms with E-state index >= 15 is 0 Å². The van der Waals surface area contributed by atoms with Crippen molar-refractivity contribution in [2.45, 2.75) is 25.3 Å². The quantitative estimate of drug-likeness (QED) is 0.527. The van der Waals surface area contributed by atoms with Gasteiger partial charge in [-0.15, -0.1) is 0 Å². The van der Waals surface area contributed by atoms with Crippen LogP contribution in [0.1, 0.15) is 30.9 Å². The SMILES string of the molecule is Nc1c(F)ccc([C@@H](N)CC2CC2)c1O. The third kappa shape index (κ3) is 2.04. The molecule has 0 unspecified atom stereocenters. The Morgan fingerprint density at radius 3 is 2.73 bits per heavy atom. The number of hydrogen-bond donors (Lipinski definition) is 3. The van der Waals surface area contributed by atoms with E-state index < -0.39 is 5.82 Å². The van der Waals surface area contributed by atoms with Gasteiger partial charge in [0.15, 0.2) is 0 Å². The molecule has 1 aromatic carbocycles. The van der Waals surface area contributed by atoms with E-state index in [1.807, 2.05) is 0 Å². The summed E-state index contributed by atoms with van der Waals surface area (Å²) in [5, 5.41) is 9.64. The van der Waals surface area contributed by atoms with Gasteiger partial charge in [-0.2, -0.15) is 0 Å². The van der Waals surface area contributed by atoms with E-state index in [2.05, 4.69) is 0 Å². The van der Waals surface area contributed by atoms with Gasteiger partial charge in [0.25, 0.3) is 0 Å². The van der Waals surface area contributed by atoms with Gasteiger partial charge in [-0.3, -0.25) is 0 Å². The van der Waals surface area contributed by atoms with Crippen LogP contribution in [0, 0.1) is 11.7 Å². The van der Waals surface area contributed by atoms with E-state index in [1.165, 1.54) is 25.0 Å². The lowest BCUT2D eigenvalue weighted by Gasteiger charge is -2.14. The highest BCUT2D eigenvalue weighted by molar-refractivity contribution is 5.57. The molecular weight excluding hydrogens is 195 g/mol. The van der Waals surface area contributed by atoms with Crippen molar-refractivity contribution in [1.29, 1.82) is 0 Å². The topological polar surface area (TPSA) is 72.3 Å². The highest BCUT2D eigenvalue weighted by Gasteiger charge is 2.26. The normalized spacial score (nSPS) is 17.7. The van der Waals surface area contributed by atoms with Crippen LogP contribution in [0.25, 0.3) is 0 Å². The molecule has 1 aliphatic rings. The Bertz CT molecular complexity index is 377. The number of nitrogens with two attached hydrogens (primary N) is 2. The molecule has 0 amide bonds. The molecule has 0 aliphatic heterocycles. The molecule has 0 bridgehead atoms. The molecular formula is C11H15FN2O. The molecule has 0 aromatic heterocycles. The zero-order valence-electron chi connectivity index (χ0n) is 8.41. The van der Waals surface area contributed by atoms with Gasteiger partial charge < -0.3 is 16.6 Å². The van der Waals surface area contributed by atoms with Gasteiger partial charge in [0.1, 0.15) is 17.3 Å². The average Bonchev–Trinajstić information content (AvgIpc) is 2.98. The lowest BCUT2D eigenvalue weighted by Crippen LogP contribution is -2.12. The van der Waals surface area contributed by atoms with Crippen LogP contribution in [0.15, 0.2) is 12.1 Å². The predicted molar refractivity (Wildman–Crippen MR) is 56.7 cm³/mol. The van der Waals surface area contributed by atoms with Crippen LogP contribution in [0.2, 0.25) is 0 Å². The van der Waals surface area contributed by atoms with Crippen molar-refractivity contribution in [3.05, 3.63) is 23.5 Å². The molecule has 1 atom stereocenters. The molecule has 3 nitrogen and oxygen atoms in total. The molecule has 0 heterocycles.